The van der Waals surface area contributed by atoms with Crippen LogP contribution < -0.4 is 0 Å². The number of methoxy groups -OCH3 is 1. The second kappa shape index (κ2) is 5.97. The monoisotopic (exact) mass is 232 g/mol. The number of ketones is 1. The topological polar surface area (TPSA) is 26.3 Å². The minimum atomic E-state index is 0.224. The molecule has 2 rings (SSSR count). The Balaban J connectivity index is 1.90. The predicted octanol–water partition coefficient (Wildman–Crippen LogP) is 3.56. The SMILES string of the molecule is COCCCC(=O)c1ccc(C2CCC2)cc1. The molecule has 0 spiro atoms. The first-order valence-corrected chi connectivity index (χ1v) is 6.43. The van der Waals surface area contributed by atoms with Gasteiger partial charge in [-0.1, -0.05) is 30.7 Å². The molecule has 0 saturated heterocycles. The largest absolute Gasteiger partial charge is 0.385 e. The Morgan fingerprint density at radius 3 is 2.53 bits per heavy atom. The first kappa shape index (κ1) is 12.3. The van der Waals surface area contributed by atoms with E-state index >= 15 is 0 Å². The van der Waals surface area contributed by atoms with Gasteiger partial charge in [0.1, 0.15) is 0 Å². The number of rotatable bonds is 6. The van der Waals surface area contributed by atoms with E-state index in [1.807, 2.05) is 12.1 Å². The van der Waals surface area contributed by atoms with Crippen LogP contribution in [0.2, 0.25) is 0 Å². The summed E-state index contributed by atoms with van der Waals surface area (Å²) in [6.07, 6.45) is 5.35. The first-order chi connectivity index (χ1) is 8.31. The van der Waals surface area contributed by atoms with E-state index in [1.54, 1.807) is 7.11 Å². The van der Waals surface area contributed by atoms with E-state index in [-0.39, 0.29) is 5.78 Å². The molecular formula is C15H20O2. The van der Waals surface area contributed by atoms with Crippen molar-refractivity contribution >= 4 is 5.78 Å². The van der Waals surface area contributed by atoms with Gasteiger partial charge in [0.05, 0.1) is 0 Å². The average molecular weight is 232 g/mol. The van der Waals surface area contributed by atoms with E-state index in [1.165, 1.54) is 24.8 Å². The van der Waals surface area contributed by atoms with Crippen molar-refractivity contribution in [3.8, 4) is 0 Å². The molecule has 0 N–H and O–H groups in total. The molecule has 0 aromatic heterocycles. The third kappa shape index (κ3) is 3.16. The molecule has 0 bridgehead atoms. The summed E-state index contributed by atoms with van der Waals surface area (Å²) < 4.78 is 4.95. The molecule has 1 saturated carbocycles. The molecule has 0 aliphatic heterocycles. The Morgan fingerprint density at radius 1 is 1.29 bits per heavy atom. The number of hydrogen-bond donors (Lipinski definition) is 0. The van der Waals surface area contributed by atoms with E-state index in [2.05, 4.69) is 12.1 Å². The van der Waals surface area contributed by atoms with Crippen molar-refractivity contribution in [1.29, 1.82) is 0 Å². The summed E-state index contributed by atoms with van der Waals surface area (Å²) in [6.45, 7) is 0.659. The highest BCUT2D eigenvalue weighted by atomic mass is 16.5. The summed E-state index contributed by atoms with van der Waals surface area (Å²) >= 11 is 0. The predicted molar refractivity (Wildman–Crippen MR) is 68.5 cm³/mol. The number of hydrogen-bond acceptors (Lipinski definition) is 2. The number of benzene rings is 1. The zero-order valence-electron chi connectivity index (χ0n) is 10.4. The summed E-state index contributed by atoms with van der Waals surface area (Å²) in [5, 5.41) is 0. The van der Waals surface area contributed by atoms with Crippen molar-refractivity contribution in [2.24, 2.45) is 0 Å². The van der Waals surface area contributed by atoms with Crippen molar-refractivity contribution in [2.45, 2.75) is 38.0 Å². The lowest BCUT2D eigenvalue weighted by Gasteiger charge is -2.25. The molecule has 0 heterocycles. The molecular weight excluding hydrogens is 212 g/mol. The molecule has 1 fully saturated rings. The Labute approximate surface area is 103 Å². The first-order valence-electron chi connectivity index (χ1n) is 6.43. The molecule has 1 aliphatic rings. The standard InChI is InChI=1S/C15H20O2/c1-17-11-3-6-15(16)14-9-7-13(8-10-14)12-4-2-5-12/h7-10,12H,2-6,11H2,1H3. The van der Waals surface area contributed by atoms with Gasteiger partial charge in [-0.15, -0.1) is 0 Å². The second-order valence-corrected chi connectivity index (χ2v) is 4.77. The van der Waals surface area contributed by atoms with Crippen LogP contribution in [0.15, 0.2) is 24.3 Å². The lowest BCUT2D eigenvalue weighted by molar-refractivity contribution is 0.0963. The van der Waals surface area contributed by atoms with Gasteiger partial charge < -0.3 is 4.74 Å². The summed E-state index contributed by atoms with van der Waals surface area (Å²) in [6, 6.07) is 8.19. The van der Waals surface area contributed by atoms with Crippen LogP contribution in [0, 0.1) is 0 Å². The maximum Gasteiger partial charge on any atom is 0.162 e. The minimum absolute atomic E-state index is 0.224. The van der Waals surface area contributed by atoms with Gasteiger partial charge in [-0.05, 0) is 30.7 Å². The Hall–Kier alpha value is -1.15. The van der Waals surface area contributed by atoms with Crippen LogP contribution in [0.4, 0.5) is 0 Å². The molecule has 92 valence electrons. The van der Waals surface area contributed by atoms with Crippen molar-refractivity contribution in [1.82, 2.24) is 0 Å². The third-order valence-corrected chi connectivity index (χ3v) is 3.56. The summed E-state index contributed by atoms with van der Waals surface area (Å²) in [5.74, 6) is 0.967. The Bertz CT molecular complexity index is 363. The van der Waals surface area contributed by atoms with E-state index in [0.717, 1.165) is 17.9 Å². The van der Waals surface area contributed by atoms with Gasteiger partial charge in [0, 0.05) is 25.7 Å². The summed E-state index contributed by atoms with van der Waals surface area (Å²) in [7, 11) is 1.66. The van der Waals surface area contributed by atoms with Crippen LogP contribution in [0.1, 0.15) is 53.9 Å². The van der Waals surface area contributed by atoms with Crippen LogP contribution >= 0.6 is 0 Å². The highest BCUT2D eigenvalue weighted by Gasteiger charge is 2.19. The van der Waals surface area contributed by atoms with E-state index in [4.69, 9.17) is 4.74 Å². The van der Waals surface area contributed by atoms with Gasteiger partial charge in [0.2, 0.25) is 0 Å². The molecule has 2 heteroatoms. The molecule has 1 aromatic rings. The van der Waals surface area contributed by atoms with Crippen LogP contribution in [0.3, 0.4) is 0 Å². The molecule has 2 nitrogen and oxygen atoms in total. The van der Waals surface area contributed by atoms with E-state index in [0.29, 0.717) is 13.0 Å². The van der Waals surface area contributed by atoms with Gasteiger partial charge in [0.25, 0.3) is 0 Å². The van der Waals surface area contributed by atoms with Crippen molar-refractivity contribution in [3.63, 3.8) is 0 Å². The lowest BCUT2D eigenvalue weighted by atomic mass is 9.80. The van der Waals surface area contributed by atoms with Gasteiger partial charge in [0.15, 0.2) is 5.78 Å². The minimum Gasteiger partial charge on any atom is -0.385 e. The van der Waals surface area contributed by atoms with Gasteiger partial charge in [-0.2, -0.15) is 0 Å². The average Bonchev–Trinajstić information content (AvgIpc) is 2.28. The number of carbonyl (C=O) groups excluding carboxylic acids is 1. The fourth-order valence-electron chi connectivity index (χ4n) is 2.20. The quantitative estimate of drug-likeness (QED) is 0.553. The van der Waals surface area contributed by atoms with Gasteiger partial charge in [-0.3, -0.25) is 4.79 Å². The Morgan fingerprint density at radius 2 is 2.00 bits per heavy atom. The van der Waals surface area contributed by atoms with Crippen molar-refractivity contribution in [3.05, 3.63) is 35.4 Å². The fourth-order valence-corrected chi connectivity index (χ4v) is 2.20. The molecule has 1 aromatic carbocycles. The zero-order chi connectivity index (χ0) is 12.1. The van der Waals surface area contributed by atoms with E-state index in [9.17, 15) is 4.79 Å². The fraction of sp³-hybridized carbons (Fsp3) is 0.533. The maximum atomic E-state index is 11.8. The van der Waals surface area contributed by atoms with Gasteiger partial charge >= 0.3 is 0 Å². The highest BCUT2D eigenvalue weighted by molar-refractivity contribution is 5.96. The zero-order valence-corrected chi connectivity index (χ0v) is 10.4. The lowest BCUT2D eigenvalue weighted by Crippen LogP contribution is -2.09. The molecule has 0 amide bonds. The van der Waals surface area contributed by atoms with Crippen LogP contribution in [-0.4, -0.2) is 19.5 Å². The molecule has 0 unspecified atom stereocenters. The number of ether oxygens (including phenoxy) is 1. The molecule has 1 aliphatic carbocycles. The molecule has 0 radical (unpaired) electrons. The van der Waals surface area contributed by atoms with Gasteiger partial charge in [-0.25, -0.2) is 0 Å². The highest BCUT2D eigenvalue weighted by Crippen LogP contribution is 2.36. The Kier molecular flexibility index (Phi) is 4.32. The summed E-state index contributed by atoms with van der Waals surface area (Å²) in [5.41, 5.74) is 2.23. The molecule has 17 heavy (non-hydrogen) atoms. The third-order valence-electron chi connectivity index (χ3n) is 3.56. The van der Waals surface area contributed by atoms with Crippen molar-refractivity contribution < 1.29 is 9.53 Å². The summed E-state index contributed by atoms with van der Waals surface area (Å²) in [4.78, 5) is 11.8. The molecule has 0 atom stereocenters. The normalized spacial score (nSPS) is 15.6. The second-order valence-electron chi connectivity index (χ2n) is 4.77. The smallest absolute Gasteiger partial charge is 0.162 e. The van der Waals surface area contributed by atoms with Crippen LogP contribution in [0.5, 0.6) is 0 Å². The maximum absolute atomic E-state index is 11.8. The van der Waals surface area contributed by atoms with E-state index < -0.39 is 0 Å². The van der Waals surface area contributed by atoms with Crippen LogP contribution in [-0.2, 0) is 4.74 Å². The number of Topliss-reactive ketones (excluding diaryl/α,β-unsaturated/α-hetero) is 1. The van der Waals surface area contributed by atoms with Crippen LogP contribution in [0.25, 0.3) is 0 Å². The number of carbonyl (C=O) groups is 1. The van der Waals surface area contributed by atoms with Crippen molar-refractivity contribution in [2.75, 3.05) is 13.7 Å².